The second-order valence-corrected chi connectivity index (χ2v) is 3.24. The summed E-state index contributed by atoms with van der Waals surface area (Å²) in [5.41, 5.74) is 2.47. The first kappa shape index (κ1) is 10.6. The van der Waals surface area contributed by atoms with Gasteiger partial charge >= 0.3 is 0 Å². The van der Waals surface area contributed by atoms with E-state index in [4.69, 9.17) is 0 Å². The van der Waals surface area contributed by atoms with Crippen LogP contribution in [0.5, 0.6) is 0 Å². The fraction of sp³-hybridized carbons (Fsp3) is 0.231. The summed E-state index contributed by atoms with van der Waals surface area (Å²) in [4.78, 5) is 2.11. The maximum absolute atomic E-state index is 3.80. The number of rotatable bonds is 4. The maximum atomic E-state index is 3.80. The van der Waals surface area contributed by atoms with Gasteiger partial charge in [0, 0.05) is 12.2 Å². The van der Waals surface area contributed by atoms with Gasteiger partial charge in [0.25, 0.3) is 0 Å². The van der Waals surface area contributed by atoms with Crippen LogP contribution in [-0.2, 0) is 0 Å². The topological polar surface area (TPSA) is 3.24 Å². The van der Waals surface area contributed by atoms with E-state index in [0.717, 1.165) is 6.54 Å². The Hall–Kier alpha value is -1.50. The van der Waals surface area contributed by atoms with Crippen molar-refractivity contribution in [2.75, 3.05) is 11.4 Å². The Morgan fingerprint density at radius 3 is 2.43 bits per heavy atom. The zero-order valence-electron chi connectivity index (χ0n) is 8.90. The van der Waals surface area contributed by atoms with Crippen LogP contribution in [0.1, 0.15) is 12.5 Å². The Morgan fingerprint density at radius 2 is 1.93 bits per heavy atom. The van der Waals surface area contributed by atoms with Gasteiger partial charge in [0.05, 0.1) is 0 Å². The van der Waals surface area contributed by atoms with Crippen molar-refractivity contribution in [1.82, 2.24) is 0 Å². The van der Waals surface area contributed by atoms with Crippen molar-refractivity contribution in [2.45, 2.75) is 13.8 Å². The predicted molar refractivity (Wildman–Crippen MR) is 63.5 cm³/mol. The minimum absolute atomic E-state index is 0.878. The summed E-state index contributed by atoms with van der Waals surface area (Å²) >= 11 is 0. The highest BCUT2D eigenvalue weighted by Gasteiger charge is 1.98. The first-order valence-electron chi connectivity index (χ1n) is 4.85. The molecule has 1 rings (SSSR count). The van der Waals surface area contributed by atoms with Gasteiger partial charge < -0.3 is 4.90 Å². The summed E-state index contributed by atoms with van der Waals surface area (Å²) < 4.78 is 0. The van der Waals surface area contributed by atoms with Gasteiger partial charge in [-0.3, -0.25) is 0 Å². The molecule has 0 N–H and O–H groups in total. The van der Waals surface area contributed by atoms with Crippen molar-refractivity contribution in [3.05, 3.63) is 54.8 Å². The molecule has 0 saturated carbocycles. The molecule has 1 nitrogen and oxygen atoms in total. The zero-order chi connectivity index (χ0) is 10.4. The van der Waals surface area contributed by atoms with Crippen LogP contribution in [0.2, 0.25) is 0 Å². The summed E-state index contributed by atoms with van der Waals surface area (Å²) in [6, 6.07) is 8.45. The molecule has 1 aromatic rings. The monoisotopic (exact) mass is 187 g/mol. The van der Waals surface area contributed by atoms with Crippen LogP contribution in [0.25, 0.3) is 0 Å². The number of hydrogen-bond acceptors (Lipinski definition) is 1. The fourth-order valence-electron chi connectivity index (χ4n) is 1.24. The van der Waals surface area contributed by atoms with Crippen molar-refractivity contribution in [3.63, 3.8) is 0 Å². The molecule has 0 bridgehead atoms. The zero-order valence-corrected chi connectivity index (χ0v) is 8.90. The highest BCUT2D eigenvalue weighted by molar-refractivity contribution is 5.50. The van der Waals surface area contributed by atoms with Crippen molar-refractivity contribution in [1.29, 1.82) is 0 Å². The highest BCUT2D eigenvalue weighted by Crippen LogP contribution is 2.14. The van der Waals surface area contributed by atoms with E-state index in [1.165, 1.54) is 11.3 Å². The predicted octanol–water partition coefficient (Wildman–Crippen LogP) is 3.52. The van der Waals surface area contributed by atoms with Gasteiger partial charge in [0.15, 0.2) is 0 Å². The van der Waals surface area contributed by atoms with Crippen LogP contribution in [-0.4, -0.2) is 6.54 Å². The number of anilines is 1. The lowest BCUT2D eigenvalue weighted by Gasteiger charge is -2.18. The van der Waals surface area contributed by atoms with Gasteiger partial charge in [-0.2, -0.15) is 0 Å². The summed E-state index contributed by atoms with van der Waals surface area (Å²) in [5.74, 6) is 0. The lowest BCUT2D eigenvalue weighted by molar-refractivity contribution is 1.09. The molecule has 0 fully saturated rings. The van der Waals surface area contributed by atoms with E-state index in [0.29, 0.717) is 0 Å². The van der Waals surface area contributed by atoms with Crippen LogP contribution < -0.4 is 4.90 Å². The van der Waals surface area contributed by atoms with Crippen molar-refractivity contribution >= 4 is 5.69 Å². The van der Waals surface area contributed by atoms with E-state index in [9.17, 15) is 0 Å². The number of benzene rings is 1. The average molecular weight is 187 g/mol. The van der Waals surface area contributed by atoms with Crippen molar-refractivity contribution in [2.24, 2.45) is 0 Å². The number of hydrogen-bond donors (Lipinski definition) is 0. The molecular weight excluding hydrogens is 170 g/mol. The summed E-state index contributed by atoms with van der Waals surface area (Å²) in [5, 5.41) is 0. The van der Waals surface area contributed by atoms with Gasteiger partial charge in [0.1, 0.15) is 0 Å². The van der Waals surface area contributed by atoms with Crippen molar-refractivity contribution in [3.8, 4) is 0 Å². The van der Waals surface area contributed by atoms with E-state index < -0.39 is 0 Å². The minimum Gasteiger partial charge on any atom is -0.345 e. The minimum atomic E-state index is 0.878. The SMILES string of the molecule is C=CN(CC=CC)c1ccc(C)cc1. The molecule has 1 heteroatoms. The summed E-state index contributed by atoms with van der Waals surface area (Å²) in [6.07, 6.45) is 6.01. The van der Waals surface area contributed by atoms with Crippen LogP contribution in [0.15, 0.2) is 49.2 Å². The van der Waals surface area contributed by atoms with Crippen molar-refractivity contribution < 1.29 is 0 Å². The Labute approximate surface area is 86.4 Å². The number of aryl methyl sites for hydroxylation is 1. The molecule has 0 aliphatic heterocycles. The smallest absolute Gasteiger partial charge is 0.0409 e. The number of nitrogens with zero attached hydrogens (tertiary/aromatic N) is 1. The molecule has 74 valence electrons. The van der Waals surface area contributed by atoms with E-state index in [2.05, 4.69) is 48.7 Å². The molecule has 14 heavy (non-hydrogen) atoms. The molecular formula is C13H17N. The molecule has 0 amide bonds. The second kappa shape index (κ2) is 5.28. The molecule has 0 aliphatic carbocycles. The summed E-state index contributed by atoms with van der Waals surface area (Å²) in [7, 11) is 0. The molecule has 0 atom stereocenters. The fourth-order valence-corrected chi connectivity index (χ4v) is 1.24. The standard InChI is InChI=1S/C13H17N/c1-4-6-11-14(5-2)13-9-7-12(3)8-10-13/h4-10H,2,11H2,1,3H3. The first-order chi connectivity index (χ1) is 6.77. The Kier molecular flexibility index (Phi) is 3.99. The third kappa shape index (κ3) is 2.77. The van der Waals surface area contributed by atoms with Crippen LogP contribution in [0.4, 0.5) is 5.69 Å². The molecule has 0 aliphatic rings. The molecule has 0 spiro atoms. The second-order valence-electron chi connectivity index (χ2n) is 3.24. The van der Waals surface area contributed by atoms with Gasteiger partial charge in [-0.05, 0) is 32.2 Å². The Bertz CT molecular complexity index is 309. The van der Waals surface area contributed by atoms with Gasteiger partial charge in [-0.25, -0.2) is 0 Å². The van der Waals surface area contributed by atoms with Crippen LogP contribution in [0, 0.1) is 6.92 Å². The molecule has 0 aromatic heterocycles. The lowest BCUT2D eigenvalue weighted by atomic mass is 10.2. The largest absolute Gasteiger partial charge is 0.345 e. The molecule has 1 aromatic carbocycles. The third-order valence-electron chi connectivity index (χ3n) is 2.12. The third-order valence-corrected chi connectivity index (χ3v) is 2.12. The highest BCUT2D eigenvalue weighted by atomic mass is 15.1. The molecule has 0 unspecified atom stereocenters. The molecule has 0 heterocycles. The molecule has 0 radical (unpaired) electrons. The summed E-state index contributed by atoms with van der Waals surface area (Å²) in [6.45, 7) is 8.80. The van der Waals surface area contributed by atoms with Gasteiger partial charge in [0.2, 0.25) is 0 Å². The lowest BCUT2D eigenvalue weighted by Crippen LogP contribution is -2.14. The molecule has 0 saturated heterocycles. The Balaban J connectivity index is 2.78. The average Bonchev–Trinajstić information content (AvgIpc) is 2.21. The van der Waals surface area contributed by atoms with E-state index in [1.807, 2.05) is 19.2 Å². The quantitative estimate of drug-likeness (QED) is 0.652. The normalized spacial score (nSPS) is 10.4. The Morgan fingerprint density at radius 1 is 1.29 bits per heavy atom. The van der Waals surface area contributed by atoms with E-state index in [1.54, 1.807) is 0 Å². The number of allylic oxidation sites excluding steroid dienone is 1. The van der Waals surface area contributed by atoms with E-state index >= 15 is 0 Å². The van der Waals surface area contributed by atoms with Crippen LogP contribution in [0.3, 0.4) is 0 Å². The van der Waals surface area contributed by atoms with Crippen LogP contribution >= 0.6 is 0 Å². The van der Waals surface area contributed by atoms with Gasteiger partial charge in [-0.15, -0.1) is 0 Å². The first-order valence-corrected chi connectivity index (χ1v) is 4.85. The maximum Gasteiger partial charge on any atom is 0.0409 e. The van der Waals surface area contributed by atoms with E-state index in [-0.39, 0.29) is 0 Å². The van der Waals surface area contributed by atoms with Gasteiger partial charge in [-0.1, -0.05) is 36.4 Å².